The van der Waals surface area contributed by atoms with Crippen LogP contribution in [-0.2, 0) is 15.0 Å². The molecule has 0 bridgehead atoms. The number of aromatic amines is 1. The molecule has 0 unspecified atom stereocenters. The van der Waals surface area contributed by atoms with Gasteiger partial charge in [0.2, 0.25) is 17.0 Å². The van der Waals surface area contributed by atoms with E-state index >= 15 is 0 Å². The van der Waals surface area contributed by atoms with Crippen molar-refractivity contribution in [1.82, 2.24) is 25.0 Å². The van der Waals surface area contributed by atoms with E-state index in [1.165, 1.54) is 11.8 Å². The fourth-order valence-electron chi connectivity index (χ4n) is 3.06. The van der Waals surface area contributed by atoms with E-state index in [1.807, 2.05) is 36.1 Å². The van der Waals surface area contributed by atoms with Gasteiger partial charge in [0.05, 0.1) is 12.3 Å². The molecule has 0 saturated carbocycles. The zero-order valence-corrected chi connectivity index (χ0v) is 18.9. The van der Waals surface area contributed by atoms with E-state index in [4.69, 9.17) is 0 Å². The van der Waals surface area contributed by atoms with Gasteiger partial charge in [0.25, 0.3) is 0 Å². The number of aryl methyl sites for hydroxylation is 1. The highest BCUT2D eigenvalue weighted by Crippen LogP contribution is 2.21. The lowest BCUT2D eigenvalue weighted by atomic mass is 9.96. The standard InChI is InChI=1S/C21H30N6O2S/c1-15-5-7-16(8-6-15)22-17(28)13-26-9-11-27(12-10-26)18(29)14-30-20-23-19(24-25-20)21(2,3)4/h5-8H,9-14H2,1-4H3,(H,22,28)(H,23,24,25). The molecule has 1 aromatic heterocycles. The number of carbonyl (C=O) groups is 2. The molecule has 2 amide bonds. The lowest BCUT2D eigenvalue weighted by molar-refractivity contribution is -0.130. The predicted octanol–water partition coefficient (Wildman–Crippen LogP) is 2.29. The van der Waals surface area contributed by atoms with Crippen molar-refractivity contribution in [1.29, 1.82) is 0 Å². The van der Waals surface area contributed by atoms with Crippen molar-refractivity contribution in [3.8, 4) is 0 Å². The zero-order valence-electron chi connectivity index (χ0n) is 18.1. The van der Waals surface area contributed by atoms with Crippen molar-refractivity contribution in [2.45, 2.75) is 38.3 Å². The van der Waals surface area contributed by atoms with Crippen molar-refractivity contribution in [3.63, 3.8) is 0 Å². The number of amides is 2. The topological polar surface area (TPSA) is 94.2 Å². The number of carbonyl (C=O) groups excluding carboxylic acids is 2. The van der Waals surface area contributed by atoms with Crippen molar-refractivity contribution >= 4 is 29.3 Å². The van der Waals surface area contributed by atoms with Crippen molar-refractivity contribution in [3.05, 3.63) is 35.7 Å². The van der Waals surface area contributed by atoms with Crippen LogP contribution in [0.2, 0.25) is 0 Å². The van der Waals surface area contributed by atoms with Gasteiger partial charge in [-0.1, -0.05) is 50.2 Å². The third-order valence-electron chi connectivity index (χ3n) is 4.93. The van der Waals surface area contributed by atoms with Gasteiger partial charge in [-0.3, -0.25) is 19.6 Å². The SMILES string of the molecule is Cc1ccc(NC(=O)CN2CCN(C(=O)CSc3n[nH]c(C(C)(C)C)n3)CC2)cc1. The number of piperazine rings is 1. The summed E-state index contributed by atoms with van der Waals surface area (Å²) in [5.41, 5.74) is 1.86. The monoisotopic (exact) mass is 430 g/mol. The summed E-state index contributed by atoms with van der Waals surface area (Å²) in [4.78, 5) is 33.1. The Labute approximate surface area is 181 Å². The van der Waals surface area contributed by atoms with Gasteiger partial charge in [-0.15, -0.1) is 5.10 Å². The largest absolute Gasteiger partial charge is 0.339 e. The number of H-pyrrole nitrogens is 1. The van der Waals surface area contributed by atoms with E-state index < -0.39 is 0 Å². The molecule has 0 atom stereocenters. The van der Waals surface area contributed by atoms with Gasteiger partial charge in [0.1, 0.15) is 5.82 Å². The molecule has 1 aliphatic rings. The number of hydrogen-bond donors (Lipinski definition) is 2. The van der Waals surface area contributed by atoms with Gasteiger partial charge in [0.15, 0.2) is 0 Å². The van der Waals surface area contributed by atoms with Crippen molar-refractivity contribution in [2.75, 3.05) is 43.8 Å². The molecular weight excluding hydrogens is 400 g/mol. The molecule has 1 aromatic carbocycles. The van der Waals surface area contributed by atoms with Crippen molar-refractivity contribution < 1.29 is 9.59 Å². The first-order chi connectivity index (χ1) is 14.2. The quantitative estimate of drug-likeness (QED) is 0.683. The van der Waals surface area contributed by atoms with Crippen LogP contribution in [0.25, 0.3) is 0 Å². The van der Waals surface area contributed by atoms with Crippen LogP contribution in [0.4, 0.5) is 5.69 Å². The number of nitrogens with one attached hydrogen (secondary N) is 2. The highest BCUT2D eigenvalue weighted by molar-refractivity contribution is 7.99. The van der Waals surface area contributed by atoms with Gasteiger partial charge in [0, 0.05) is 37.3 Å². The molecule has 162 valence electrons. The molecule has 1 aliphatic heterocycles. The Morgan fingerprint density at radius 1 is 1.13 bits per heavy atom. The fourth-order valence-corrected chi connectivity index (χ4v) is 3.76. The first-order valence-electron chi connectivity index (χ1n) is 10.1. The normalized spacial score (nSPS) is 15.3. The van der Waals surface area contributed by atoms with Gasteiger partial charge >= 0.3 is 0 Å². The number of thioether (sulfide) groups is 1. The van der Waals surface area contributed by atoms with Gasteiger partial charge in [-0.05, 0) is 19.1 Å². The molecule has 2 N–H and O–H groups in total. The summed E-state index contributed by atoms with van der Waals surface area (Å²) in [5.74, 6) is 1.17. The van der Waals surface area contributed by atoms with E-state index in [-0.39, 0.29) is 17.2 Å². The van der Waals surface area contributed by atoms with E-state index in [0.29, 0.717) is 43.6 Å². The number of benzene rings is 1. The van der Waals surface area contributed by atoms with Crippen molar-refractivity contribution in [2.24, 2.45) is 0 Å². The molecule has 3 rings (SSSR count). The summed E-state index contributed by atoms with van der Waals surface area (Å²) in [6.45, 7) is 11.2. The highest BCUT2D eigenvalue weighted by atomic mass is 32.2. The molecule has 0 aliphatic carbocycles. The Balaban J connectivity index is 1.39. The molecule has 2 heterocycles. The van der Waals surface area contributed by atoms with Crippen LogP contribution in [-0.4, -0.2) is 75.3 Å². The Morgan fingerprint density at radius 3 is 2.40 bits per heavy atom. The number of rotatable bonds is 6. The van der Waals surface area contributed by atoms with Crippen LogP contribution in [0.5, 0.6) is 0 Å². The third kappa shape index (κ3) is 6.30. The molecule has 8 nitrogen and oxygen atoms in total. The van der Waals surface area contributed by atoms with Crippen LogP contribution in [0, 0.1) is 6.92 Å². The maximum atomic E-state index is 12.5. The minimum atomic E-state index is -0.0993. The minimum absolute atomic E-state index is 0.0338. The molecule has 9 heteroatoms. The Bertz CT molecular complexity index is 866. The molecule has 30 heavy (non-hydrogen) atoms. The zero-order chi connectivity index (χ0) is 21.7. The molecule has 0 spiro atoms. The first kappa shape index (κ1) is 22.3. The summed E-state index contributed by atoms with van der Waals surface area (Å²) in [6, 6.07) is 7.75. The van der Waals surface area contributed by atoms with Crippen LogP contribution >= 0.6 is 11.8 Å². The van der Waals surface area contributed by atoms with E-state index in [1.54, 1.807) is 0 Å². The Morgan fingerprint density at radius 2 is 1.80 bits per heavy atom. The van der Waals surface area contributed by atoms with Gasteiger partial charge in [-0.2, -0.15) is 0 Å². The van der Waals surface area contributed by atoms with Crippen LogP contribution < -0.4 is 5.32 Å². The van der Waals surface area contributed by atoms with E-state index in [2.05, 4.69) is 46.2 Å². The first-order valence-corrected chi connectivity index (χ1v) is 11.1. The fraction of sp³-hybridized carbons (Fsp3) is 0.524. The van der Waals surface area contributed by atoms with Crippen LogP contribution in [0.1, 0.15) is 32.2 Å². The number of aromatic nitrogens is 3. The maximum absolute atomic E-state index is 12.5. The molecule has 1 saturated heterocycles. The summed E-state index contributed by atoms with van der Waals surface area (Å²) in [6.07, 6.45) is 0. The molecule has 0 radical (unpaired) electrons. The second kappa shape index (κ2) is 9.61. The second-order valence-corrected chi connectivity index (χ2v) is 9.52. The maximum Gasteiger partial charge on any atom is 0.238 e. The second-order valence-electron chi connectivity index (χ2n) is 8.58. The lowest BCUT2D eigenvalue weighted by Crippen LogP contribution is -2.50. The third-order valence-corrected chi connectivity index (χ3v) is 5.76. The van der Waals surface area contributed by atoms with Gasteiger partial charge in [-0.25, -0.2) is 4.98 Å². The number of nitrogens with zero attached hydrogens (tertiary/aromatic N) is 4. The number of anilines is 1. The molecule has 1 fully saturated rings. The molecular formula is C21H30N6O2S. The summed E-state index contributed by atoms with van der Waals surface area (Å²) in [7, 11) is 0. The minimum Gasteiger partial charge on any atom is -0.339 e. The summed E-state index contributed by atoms with van der Waals surface area (Å²) in [5, 5.41) is 10.6. The average molecular weight is 431 g/mol. The van der Waals surface area contributed by atoms with E-state index in [0.717, 1.165) is 17.1 Å². The summed E-state index contributed by atoms with van der Waals surface area (Å²) >= 11 is 1.35. The molecule has 2 aromatic rings. The van der Waals surface area contributed by atoms with E-state index in [9.17, 15) is 9.59 Å². The predicted molar refractivity (Wildman–Crippen MR) is 119 cm³/mol. The number of hydrogen-bond acceptors (Lipinski definition) is 6. The Hall–Kier alpha value is -2.39. The summed E-state index contributed by atoms with van der Waals surface area (Å²) < 4.78 is 0. The van der Waals surface area contributed by atoms with Crippen LogP contribution in [0.15, 0.2) is 29.4 Å². The van der Waals surface area contributed by atoms with Gasteiger partial charge < -0.3 is 10.2 Å². The lowest BCUT2D eigenvalue weighted by Gasteiger charge is -2.34. The smallest absolute Gasteiger partial charge is 0.238 e. The van der Waals surface area contributed by atoms with Crippen LogP contribution in [0.3, 0.4) is 0 Å². The average Bonchev–Trinajstić information content (AvgIpc) is 3.18. The highest BCUT2D eigenvalue weighted by Gasteiger charge is 2.23. The Kier molecular flexibility index (Phi) is 7.14.